The molecule has 0 radical (unpaired) electrons. The Morgan fingerprint density at radius 3 is 2.75 bits per heavy atom. The first-order valence-corrected chi connectivity index (χ1v) is 6.79. The Bertz CT molecular complexity index is 615. The van der Waals surface area contributed by atoms with Crippen LogP contribution in [0.3, 0.4) is 0 Å². The largest absolute Gasteiger partial charge is 0.496 e. The van der Waals surface area contributed by atoms with Gasteiger partial charge >= 0.3 is 0 Å². The minimum absolute atomic E-state index is 0.555. The summed E-state index contributed by atoms with van der Waals surface area (Å²) in [6, 6.07) is 13.0. The van der Waals surface area contributed by atoms with Crippen molar-refractivity contribution in [2.45, 2.75) is 6.54 Å². The monoisotopic (exact) mass is 308 g/mol. The topological polar surface area (TPSA) is 33.6 Å². The van der Waals surface area contributed by atoms with Gasteiger partial charge in [0.25, 0.3) is 0 Å². The summed E-state index contributed by atoms with van der Waals surface area (Å²) in [7, 11) is 1.61. The van der Waals surface area contributed by atoms with Gasteiger partial charge in [0.05, 0.1) is 19.9 Å². The first kappa shape index (κ1) is 14.7. The van der Waals surface area contributed by atoms with Crippen LogP contribution in [-0.2, 0) is 6.54 Å². The van der Waals surface area contributed by atoms with Crippen molar-refractivity contribution in [3.05, 3.63) is 63.6 Å². The van der Waals surface area contributed by atoms with E-state index in [4.69, 9.17) is 27.9 Å². The maximum absolute atomic E-state index is 6.06. The molecule has 1 N–H and O–H groups in total. The summed E-state index contributed by atoms with van der Waals surface area (Å²) in [4.78, 5) is 0. The van der Waals surface area contributed by atoms with Crippen LogP contribution in [0.25, 0.3) is 0 Å². The standard InChI is InChI=1S/C15H14Cl2N2O/c1-20-15-7-6-13(16)8-12(15)10-19-18-9-11-4-2-3-5-14(11)17/h2-8,10,18H,9H2,1H3/b19-10-. The van der Waals surface area contributed by atoms with Crippen LogP contribution in [0.15, 0.2) is 47.6 Å². The van der Waals surface area contributed by atoms with Gasteiger partial charge in [0.15, 0.2) is 0 Å². The molecule has 5 heteroatoms. The number of hydrogen-bond acceptors (Lipinski definition) is 3. The van der Waals surface area contributed by atoms with E-state index in [0.717, 1.165) is 21.9 Å². The summed E-state index contributed by atoms with van der Waals surface area (Å²) in [6.45, 7) is 0.555. The van der Waals surface area contributed by atoms with Crippen LogP contribution in [0.4, 0.5) is 0 Å². The van der Waals surface area contributed by atoms with E-state index in [0.29, 0.717) is 11.6 Å². The zero-order valence-electron chi connectivity index (χ0n) is 10.9. The Morgan fingerprint density at radius 1 is 1.20 bits per heavy atom. The van der Waals surface area contributed by atoms with Crippen LogP contribution in [-0.4, -0.2) is 13.3 Å². The Kier molecular flexibility index (Phi) is 5.27. The summed E-state index contributed by atoms with van der Waals surface area (Å²) in [5.74, 6) is 0.720. The van der Waals surface area contributed by atoms with Crippen molar-refractivity contribution in [3.63, 3.8) is 0 Å². The highest BCUT2D eigenvalue weighted by molar-refractivity contribution is 6.31. The molecular formula is C15H14Cl2N2O. The number of rotatable bonds is 5. The molecule has 20 heavy (non-hydrogen) atoms. The predicted molar refractivity (Wildman–Crippen MR) is 83.9 cm³/mol. The van der Waals surface area contributed by atoms with Crippen LogP contribution in [0.5, 0.6) is 5.75 Å². The second-order valence-electron chi connectivity index (χ2n) is 4.07. The molecule has 0 bridgehead atoms. The molecular weight excluding hydrogens is 295 g/mol. The van der Waals surface area contributed by atoms with Gasteiger partial charge < -0.3 is 10.2 Å². The van der Waals surface area contributed by atoms with E-state index in [2.05, 4.69) is 10.5 Å². The van der Waals surface area contributed by atoms with Gasteiger partial charge in [-0.1, -0.05) is 41.4 Å². The SMILES string of the molecule is COc1ccc(Cl)cc1/C=N\NCc1ccccc1Cl. The predicted octanol–water partition coefficient (Wildman–Crippen LogP) is 4.13. The lowest BCUT2D eigenvalue weighted by molar-refractivity contribution is 0.414. The van der Waals surface area contributed by atoms with Crippen molar-refractivity contribution in [1.82, 2.24) is 5.43 Å². The van der Waals surface area contributed by atoms with Crippen molar-refractivity contribution in [3.8, 4) is 5.75 Å². The highest BCUT2D eigenvalue weighted by Gasteiger charge is 2.01. The van der Waals surface area contributed by atoms with Crippen LogP contribution < -0.4 is 10.2 Å². The van der Waals surface area contributed by atoms with Crippen LogP contribution in [0.1, 0.15) is 11.1 Å². The summed E-state index contributed by atoms with van der Waals surface area (Å²) in [5, 5.41) is 5.51. The summed E-state index contributed by atoms with van der Waals surface area (Å²) < 4.78 is 5.24. The van der Waals surface area contributed by atoms with E-state index in [1.807, 2.05) is 24.3 Å². The summed E-state index contributed by atoms with van der Waals surface area (Å²) >= 11 is 12.0. The Morgan fingerprint density at radius 2 is 2.00 bits per heavy atom. The molecule has 0 aliphatic rings. The van der Waals surface area contributed by atoms with Crippen molar-refractivity contribution in [2.75, 3.05) is 7.11 Å². The number of benzene rings is 2. The van der Waals surface area contributed by atoms with E-state index in [9.17, 15) is 0 Å². The highest BCUT2D eigenvalue weighted by Crippen LogP contribution is 2.20. The minimum atomic E-state index is 0.555. The number of methoxy groups -OCH3 is 1. The van der Waals surface area contributed by atoms with Crippen molar-refractivity contribution in [2.24, 2.45) is 5.10 Å². The zero-order chi connectivity index (χ0) is 14.4. The number of ether oxygens (including phenoxy) is 1. The molecule has 0 atom stereocenters. The van der Waals surface area contributed by atoms with Crippen molar-refractivity contribution in [1.29, 1.82) is 0 Å². The van der Waals surface area contributed by atoms with E-state index in [-0.39, 0.29) is 0 Å². The molecule has 2 aromatic rings. The van der Waals surface area contributed by atoms with E-state index < -0.39 is 0 Å². The maximum atomic E-state index is 6.06. The van der Waals surface area contributed by atoms with Crippen molar-refractivity contribution < 1.29 is 4.74 Å². The maximum Gasteiger partial charge on any atom is 0.127 e. The fraction of sp³-hybridized carbons (Fsp3) is 0.133. The number of hydrogen-bond donors (Lipinski definition) is 1. The molecule has 0 saturated heterocycles. The third-order valence-corrected chi connectivity index (χ3v) is 3.32. The van der Waals surface area contributed by atoms with Crippen LogP contribution in [0, 0.1) is 0 Å². The first-order valence-electron chi connectivity index (χ1n) is 6.03. The molecule has 2 aromatic carbocycles. The van der Waals surface area contributed by atoms with Gasteiger partial charge in [0.1, 0.15) is 5.75 Å². The second-order valence-corrected chi connectivity index (χ2v) is 4.91. The third-order valence-electron chi connectivity index (χ3n) is 2.71. The molecule has 0 fully saturated rings. The summed E-state index contributed by atoms with van der Waals surface area (Å²) in [6.07, 6.45) is 1.67. The average molecular weight is 309 g/mol. The van der Waals surface area contributed by atoms with Gasteiger partial charge in [-0.3, -0.25) is 0 Å². The lowest BCUT2D eigenvalue weighted by Gasteiger charge is -2.05. The van der Waals surface area contributed by atoms with Gasteiger partial charge in [-0.05, 0) is 29.8 Å². The van der Waals surface area contributed by atoms with Crippen LogP contribution >= 0.6 is 23.2 Å². The van der Waals surface area contributed by atoms with Gasteiger partial charge in [0, 0.05) is 15.6 Å². The van der Waals surface area contributed by atoms with Crippen molar-refractivity contribution >= 4 is 29.4 Å². The van der Waals surface area contributed by atoms with E-state index >= 15 is 0 Å². The van der Waals surface area contributed by atoms with Gasteiger partial charge in [0.2, 0.25) is 0 Å². The minimum Gasteiger partial charge on any atom is -0.496 e. The average Bonchev–Trinajstić information content (AvgIpc) is 2.45. The normalized spacial score (nSPS) is 10.8. The third kappa shape index (κ3) is 3.89. The lowest BCUT2D eigenvalue weighted by atomic mass is 10.2. The Balaban J connectivity index is 2.00. The number of nitrogens with one attached hydrogen (secondary N) is 1. The smallest absolute Gasteiger partial charge is 0.127 e. The molecule has 0 aliphatic carbocycles. The first-order chi connectivity index (χ1) is 9.70. The Labute approximate surface area is 128 Å². The molecule has 0 aliphatic heterocycles. The van der Waals surface area contributed by atoms with Gasteiger partial charge in [-0.2, -0.15) is 5.10 Å². The number of hydrazone groups is 1. The number of halogens is 2. The molecule has 3 nitrogen and oxygen atoms in total. The lowest BCUT2D eigenvalue weighted by Crippen LogP contribution is -2.06. The highest BCUT2D eigenvalue weighted by atomic mass is 35.5. The molecule has 104 valence electrons. The summed E-state index contributed by atoms with van der Waals surface area (Å²) in [5.41, 5.74) is 4.75. The molecule has 0 heterocycles. The van der Waals surface area contributed by atoms with E-state index in [1.165, 1.54) is 0 Å². The second kappa shape index (κ2) is 7.17. The molecule has 0 unspecified atom stereocenters. The molecule has 0 spiro atoms. The van der Waals surface area contributed by atoms with Crippen LogP contribution in [0.2, 0.25) is 10.0 Å². The molecule has 0 amide bonds. The fourth-order valence-electron chi connectivity index (χ4n) is 1.69. The molecule has 0 saturated carbocycles. The molecule has 0 aromatic heterocycles. The van der Waals surface area contributed by atoms with Gasteiger partial charge in [-0.15, -0.1) is 0 Å². The molecule has 2 rings (SSSR count). The fourth-order valence-corrected chi connectivity index (χ4v) is 2.08. The van der Waals surface area contributed by atoms with Gasteiger partial charge in [-0.25, -0.2) is 0 Å². The quantitative estimate of drug-likeness (QED) is 0.665. The van der Waals surface area contributed by atoms with E-state index in [1.54, 1.807) is 31.5 Å². The zero-order valence-corrected chi connectivity index (χ0v) is 12.4. The Hall–Kier alpha value is -1.71. The number of nitrogens with zero attached hydrogens (tertiary/aromatic N) is 1.